The lowest BCUT2D eigenvalue weighted by Crippen LogP contribution is -2.51. The lowest BCUT2D eigenvalue weighted by Gasteiger charge is -2.37. The Balaban J connectivity index is 1.33. The zero-order chi connectivity index (χ0) is 21.8. The smallest absolute Gasteiger partial charge is 0.275 e. The molecular weight excluding hydrogens is 398 g/mol. The Labute approximate surface area is 188 Å². The molecule has 0 unspecified atom stereocenters. The van der Waals surface area contributed by atoms with Crippen LogP contribution in [-0.4, -0.2) is 64.2 Å². The normalized spacial score (nSPS) is 17.0. The van der Waals surface area contributed by atoms with Crippen LogP contribution in [0.4, 0.5) is 5.69 Å². The van der Waals surface area contributed by atoms with Crippen molar-refractivity contribution in [3.63, 3.8) is 0 Å². The molecule has 2 aromatic carbocycles. The number of aromatic nitrogens is 1. The first kappa shape index (κ1) is 20.4. The van der Waals surface area contributed by atoms with E-state index in [0.717, 1.165) is 44.1 Å². The molecule has 6 heteroatoms. The number of amidine groups is 1. The highest BCUT2D eigenvalue weighted by Gasteiger charge is 2.29. The van der Waals surface area contributed by atoms with Gasteiger partial charge in [0.05, 0.1) is 12.2 Å². The van der Waals surface area contributed by atoms with Gasteiger partial charge in [-0.3, -0.25) is 9.69 Å². The monoisotopic (exact) mass is 425 g/mol. The van der Waals surface area contributed by atoms with Gasteiger partial charge in [-0.2, -0.15) is 0 Å². The van der Waals surface area contributed by atoms with Gasteiger partial charge >= 0.3 is 0 Å². The molecule has 0 saturated carbocycles. The molecule has 3 aromatic rings. The zero-order valence-corrected chi connectivity index (χ0v) is 18.1. The Morgan fingerprint density at radius 1 is 0.750 bits per heavy atom. The number of fused-ring (bicyclic) bond motifs is 1. The Bertz CT molecular complexity index is 1090. The Morgan fingerprint density at radius 2 is 1.41 bits per heavy atom. The minimum absolute atomic E-state index is 0.0640. The van der Waals surface area contributed by atoms with Gasteiger partial charge < -0.3 is 9.80 Å². The first-order valence-electron chi connectivity index (χ1n) is 11.1. The molecular formula is C26H27N5O. The van der Waals surface area contributed by atoms with E-state index >= 15 is 0 Å². The number of amides is 1. The number of hydrogen-bond acceptors (Lipinski definition) is 5. The van der Waals surface area contributed by atoms with Gasteiger partial charge in [0.1, 0.15) is 5.84 Å². The van der Waals surface area contributed by atoms with E-state index in [4.69, 9.17) is 4.99 Å². The molecule has 1 aromatic heterocycles. The molecule has 5 rings (SSSR count). The minimum Gasteiger partial charge on any atom is -0.356 e. The van der Waals surface area contributed by atoms with Crippen LogP contribution < -0.4 is 0 Å². The summed E-state index contributed by atoms with van der Waals surface area (Å²) in [5.41, 5.74) is 3.54. The van der Waals surface area contributed by atoms with Crippen molar-refractivity contribution in [3.8, 4) is 0 Å². The number of hydrogen-bond donors (Lipinski definition) is 0. The fraction of sp³-hybridized carbons (Fsp3) is 0.269. The van der Waals surface area contributed by atoms with E-state index in [2.05, 4.69) is 57.2 Å². The molecule has 3 heterocycles. The molecule has 2 aliphatic rings. The van der Waals surface area contributed by atoms with E-state index in [-0.39, 0.29) is 5.91 Å². The molecule has 0 radical (unpaired) electrons. The predicted molar refractivity (Wildman–Crippen MR) is 126 cm³/mol. The van der Waals surface area contributed by atoms with Crippen molar-refractivity contribution < 1.29 is 4.79 Å². The van der Waals surface area contributed by atoms with E-state index in [1.165, 1.54) is 5.56 Å². The Kier molecular flexibility index (Phi) is 5.94. The van der Waals surface area contributed by atoms with Crippen molar-refractivity contribution in [2.24, 2.45) is 4.99 Å². The number of benzene rings is 2. The molecule has 2 aliphatic heterocycles. The maximum Gasteiger partial charge on any atom is 0.275 e. The largest absolute Gasteiger partial charge is 0.356 e. The number of nitrogens with zero attached hydrogens (tertiary/aromatic N) is 5. The highest BCUT2D eigenvalue weighted by molar-refractivity contribution is 6.03. The van der Waals surface area contributed by atoms with E-state index in [1.807, 2.05) is 35.2 Å². The van der Waals surface area contributed by atoms with E-state index in [9.17, 15) is 4.79 Å². The molecule has 162 valence electrons. The van der Waals surface area contributed by atoms with Gasteiger partial charge in [-0.05, 0) is 23.3 Å². The van der Waals surface area contributed by atoms with E-state index in [0.29, 0.717) is 24.5 Å². The molecule has 0 spiro atoms. The first-order valence-corrected chi connectivity index (χ1v) is 11.1. The van der Waals surface area contributed by atoms with Crippen LogP contribution in [0, 0.1) is 0 Å². The van der Waals surface area contributed by atoms with Crippen LogP contribution in [0.25, 0.3) is 0 Å². The maximum atomic E-state index is 13.3. The van der Waals surface area contributed by atoms with Crippen LogP contribution >= 0.6 is 0 Å². The summed E-state index contributed by atoms with van der Waals surface area (Å²) < 4.78 is 0. The van der Waals surface area contributed by atoms with Gasteiger partial charge in [0, 0.05) is 45.5 Å². The van der Waals surface area contributed by atoms with Gasteiger partial charge in [-0.25, -0.2) is 9.98 Å². The second-order valence-corrected chi connectivity index (χ2v) is 8.29. The quantitative estimate of drug-likeness (QED) is 0.641. The van der Waals surface area contributed by atoms with Crippen molar-refractivity contribution in [1.29, 1.82) is 0 Å². The third-order valence-electron chi connectivity index (χ3n) is 6.06. The second kappa shape index (κ2) is 9.32. The van der Waals surface area contributed by atoms with Crippen LogP contribution in [0.5, 0.6) is 0 Å². The maximum absolute atomic E-state index is 13.3. The molecule has 0 N–H and O–H groups in total. The van der Waals surface area contributed by atoms with Crippen molar-refractivity contribution in [2.75, 3.05) is 32.7 Å². The highest BCUT2D eigenvalue weighted by atomic mass is 16.2. The average molecular weight is 426 g/mol. The Hall–Kier alpha value is -3.51. The zero-order valence-electron chi connectivity index (χ0n) is 18.1. The van der Waals surface area contributed by atoms with Gasteiger partial charge in [0.2, 0.25) is 0 Å². The van der Waals surface area contributed by atoms with Crippen LogP contribution in [0.1, 0.15) is 21.6 Å². The third kappa shape index (κ3) is 4.55. The summed E-state index contributed by atoms with van der Waals surface area (Å²) >= 11 is 0. The van der Waals surface area contributed by atoms with Crippen molar-refractivity contribution >= 4 is 17.4 Å². The van der Waals surface area contributed by atoms with E-state index < -0.39 is 0 Å². The van der Waals surface area contributed by atoms with Crippen LogP contribution in [0.2, 0.25) is 0 Å². The standard InChI is InChI=1S/C26H27N5O/c32-26-25-23(12-7-13-27-25)28-24(20-31(26)19-22-10-5-2-6-11-22)30-16-14-29(15-17-30)18-21-8-3-1-4-9-21/h1-13H,14-20H2. The summed E-state index contributed by atoms with van der Waals surface area (Å²) in [5, 5.41) is 0. The molecule has 1 saturated heterocycles. The Morgan fingerprint density at radius 3 is 2.09 bits per heavy atom. The summed E-state index contributed by atoms with van der Waals surface area (Å²) in [6.45, 7) is 5.74. The summed E-state index contributed by atoms with van der Waals surface area (Å²) in [6, 6.07) is 24.4. The van der Waals surface area contributed by atoms with Gasteiger partial charge in [0.15, 0.2) is 5.69 Å². The summed E-state index contributed by atoms with van der Waals surface area (Å²) in [6.07, 6.45) is 1.67. The van der Waals surface area contributed by atoms with Crippen LogP contribution in [-0.2, 0) is 13.1 Å². The second-order valence-electron chi connectivity index (χ2n) is 8.29. The number of piperazine rings is 1. The average Bonchev–Trinajstić information content (AvgIpc) is 2.98. The van der Waals surface area contributed by atoms with Crippen LogP contribution in [0.15, 0.2) is 84.0 Å². The fourth-order valence-electron chi connectivity index (χ4n) is 4.33. The highest BCUT2D eigenvalue weighted by Crippen LogP contribution is 2.24. The lowest BCUT2D eigenvalue weighted by molar-refractivity contribution is 0.0759. The van der Waals surface area contributed by atoms with Gasteiger partial charge in [-0.15, -0.1) is 0 Å². The fourth-order valence-corrected chi connectivity index (χ4v) is 4.33. The van der Waals surface area contributed by atoms with Crippen LogP contribution in [0.3, 0.4) is 0 Å². The number of pyridine rings is 1. The number of rotatable bonds is 4. The minimum atomic E-state index is -0.0640. The van der Waals surface area contributed by atoms with Gasteiger partial charge in [0.25, 0.3) is 5.91 Å². The van der Waals surface area contributed by atoms with Crippen molar-refractivity contribution in [3.05, 3.63) is 95.8 Å². The number of carbonyl (C=O) groups is 1. The number of aliphatic imine (C=N–C) groups is 1. The molecule has 1 amide bonds. The summed E-state index contributed by atoms with van der Waals surface area (Å²) in [4.78, 5) is 29.2. The predicted octanol–water partition coefficient (Wildman–Crippen LogP) is 3.59. The molecule has 0 bridgehead atoms. The number of carbonyl (C=O) groups excluding carboxylic acids is 1. The molecule has 6 nitrogen and oxygen atoms in total. The van der Waals surface area contributed by atoms with Crippen molar-refractivity contribution in [2.45, 2.75) is 13.1 Å². The SMILES string of the molecule is O=C1c2ncccc2N=C(N2CCN(Cc3ccccc3)CC2)CN1Cc1ccccc1. The molecule has 1 fully saturated rings. The lowest BCUT2D eigenvalue weighted by atomic mass is 10.2. The van der Waals surface area contributed by atoms with Gasteiger partial charge in [-0.1, -0.05) is 60.7 Å². The third-order valence-corrected chi connectivity index (χ3v) is 6.06. The molecule has 32 heavy (non-hydrogen) atoms. The van der Waals surface area contributed by atoms with Crippen molar-refractivity contribution in [1.82, 2.24) is 19.7 Å². The molecule has 0 aliphatic carbocycles. The first-order chi connectivity index (χ1) is 15.8. The molecule has 0 atom stereocenters. The topological polar surface area (TPSA) is 52.0 Å². The summed E-state index contributed by atoms with van der Waals surface area (Å²) in [7, 11) is 0. The summed E-state index contributed by atoms with van der Waals surface area (Å²) in [5.74, 6) is 0.881. The van der Waals surface area contributed by atoms with E-state index in [1.54, 1.807) is 6.20 Å².